The largest absolute Gasteiger partial charge is 0.481 e. The predicted octanol–water partition coefficient (Wildman–Crippen LogP) is 1.67. The van der Waals surface area contributed by atoms with Gasteiger partial charge in [0.05, 0.1) is 6.42 Å². The van der Waals surface area contributed by atoms with E-state index in [1.165, 1.54) is 13.8 Å². The molecule has 0 radical (unpaired) electrons. The molecule has 15 heavy (non-hydrogen) atoms. The summed E-state index contributed by atoms with van der Waals surface area (Å²) in [5, 5.41) is 8.77. The zero-order valence-electron chi connectivity index (χ0n) is 9.66. The van der Waals surface area contributed by atoms with Gasteiger partial charge in [0.25, 0.3) is 0 Å². The van der Waals surface area contributed by atoms with Crippen molar-refractivity contribution in [2.24, 2.45) is 11.3 Å². The monoisotopic (exact) mass is 214 g/mol. The van der Waals surface area contributed by atoms with Crippen LogP contribution in [0.15, 0.2) is 0 Å². The molecule has 0 heterocycles. The molecule has 0 aromatic carbocycles. The average Bonchev–Trinajstić information content (AvgIpc) is 2.01. The third kappa shape index (κ3) is 4.23. The molecule has 0 aliphatic carbocycles. The van der Waals surface area contributed by atoms with E-state index in [2.05, 4.69) is 0 Å². The number of carbonyl (C=O) groups excluding carboxylic acids is 2. The highest BCUT2D eigenvalue weighted by molar-refractivity contribution is 6.09. The second kappa shape index (κ2) is 5.05. The van der Waals surface area contributed by atoms with Crippen molar-refractivity contribution in [1.82, 2.24) is 0 Å². The predicted molar refractivity (Wildman–Crippen MR) is 55.5 cm³/mol. The molecule has 0 bridgehead atoms. The van der Waals surface area contributed by atoms with Crippen molar-refractivity contribution in [2.45, 2.75) is 40.5 Å². The zero-order valence-corrected chi connectivity index (χ0v) is 9.66. The number of carboxylic acid groups (broad SMARTS) is 1. The number of Topliss-reactive ketones (excluding diaryl/α,β-unsaturated/α-hetero) is 2. The second-order valence-corrected chi connectivity index (χ2v) is 4.67. The van der Waals surface area contributed by atoms with Gasteiger partial charge in [-0.1, -0.05) is 13.8 Å². The van der Waals surface area contributed by atoms with E-state index in [0.29, 0.717) is 6.42 Å². The molecule has 1 N–H and O–H groups in total. The molecule has 86 valence electrons. The second-order valence-electron chi connectivity index (χ2n) is 4.67. The van der Waals surface area contributed by atoms with Crippen LogP contribution in [0, 0.1) is 11.3 Å². The van der Waals surface area contributed by atoms with E-state index in [4.69, 9.17) is 5.11 Å². The Labute approximate surface area is 89.7 Å². The number of carboxylic acids is 1. The quantitative estimate of drug-likeness (QED) is 0.683. The molecule has 0 atom stereocenters. The van der Waals surface area contributed by atoms with E-state index in [-0.39, 0.29) is 18.1 Å². The van der Waals surface area contributed by atoms with E-state index in [1.807, 2.05) is 13.8 Å². The standard InChI is InChI=1S/C11H18O4/c1-7(2)5-8(12)6-9(13)11(3,4)10(14)15/h7H,5-6H2,1-4H3,(H,14,15). The lowest BCUT2D eigenvalue weighted by atomic mass is 9.85. The maximum absolute atomic E-state index is 11.5. The van der Waals surface area contributed by atoms with Gasteiger partial charge in [0.15, 0.2) is 5.78 Å². The third-order valence-electron chi connectivity index (χ3n) is 2.23. The van der Waals surface area contributed by atoms with Gasteiger partial charge in [-0.25, -0.2) is 0 Å². The summed E-state index contributed by atoms with van der Waals surface area (Å²) >= 11 is 0. The maximum Gasteiger partial charge on any atom is 0.316 e. The van der Waals surface area contributed by atoms with Crippen molar-refractivity contribution in [3.8, 4) is 0 Å². The first kappa shape index (κ1) is 13.8. The number of ketones is 2. The molecule has 0 amide bonds. The van der Waals surface area contributed by atoms with Crippen molar-refractivity contribution in [3.63, 3.8) is 0 Å². The van der Waals surface area contributed by atoms with Crippen molar-refractivity contribution in [1.29, 1.82) is 0 Å². The summed E-state index contributed by atoms with van der Waals surface area (Å²) in [5.74, 6) is -1.71. The minimum absolute atomic E-state index is 0.190. The maximum atomic E-state index is 11.5. The van der Waals surface area contributed by atoms with Gasteiger partial charge >= 0.3 is 5.97 Å². The summed E-state index contributed by atoms with van der Waals surface area (Å²) in [5.41, 5.74) is -1.47. The Hall–Kier alpha value is -1.19. The molecule has 0 aliphatic rings. The van der Waals surface area contributed by atoms with Crippen LogP contribution < -0.4 is 0 Å². The van der Waals surface area contributed by atoms with Gasteiger partial charge in [-0.3, -0.25) is 14.4 Å². The van der Waals surface area contributed by atoms with Crippen LogP contribution in [0.3, 0.4) is 0 Å². The van der Waals surface area contributed by atoms with Crippen LogP contribution >= 0.6 is 0 Å². The number of hydrogen-bond donors (Lipinski definition) is 1. The molecule has 0 aromatic heterocycles. The molecule has 4 heteroatoms. The van der Waals surface area contributed by atoms with Crippen LogP contribution in [0.1, 0.15) is 40.5 Å². The Morgan fingerprint density at radius 3 is 2.00 bits per heavy atom. The van der Waals surface area contributed by atoms with Gasteiger partial charge in [-0.15, -0.1) is 0 Å². The minimum Gasteiger partial charge on any atom is -0.481 e. The van der Waals surface area contributed by atoms with Gasteiger partial charge in [0.2, 0.25) is 0 Å². The molecule has 0 aliphatic heterocycles. The van der Waals surface area contributed by atoms with Crippen LogP contribution in [-0.4, -0.2) is 22.6 Å². The summed E-state index contributed by atoms with van der Waals surface area (Å²) in [6.45, 7) is 6.40. The van der Waals surface area contributed by atoms with Gasteiger partial charge in [-0.2, -0.15) is 0 Å². The first-order chi connectivity index (χ1) is 6.67. The lowest BCUT2D eigenvalue weighted by Crippen LogP contribution is -2.34. The highest BCUT2D eigenvalue weighted by Gasteiger charge is 2.36. The van der Waals surface area contributed by atoms with E-state index >= 15 is 0 Å². The van der Waals surface area contributed by atoms with Crippen LogP contribution in [0.4, 0.5) is 0 Å². The fraction of sp³-hybridized carbons (Fsp3) is 0.727. The minimum atomic E-state index is -1.47. The van der Waals surface area contributed by atoms with Crippen LogP contribution in [0.2, 0.25) is 0 Å². The number of hydrogen-bond acceptors (Lipinski definition) is 3. The lowest BCUT2D eigenvalue weighted by molar-refractivity contribution is -0.152. The van der Waals surface area contributed by atoms with Crippen LogP contribution in [0.5, 0.6) is 0 Å². The molecule has 0 saturated carbocycles. The van der Waals surface area contributed by atoms with Crippen molar-refractivity contribution in [2.75, 3.05) is 0 Å². The van der Waals surface area contributed by atoms with Crippen molar-refractivity contribution < 1.29 is 19.5 Å². The Kier molecular flexibility index (Phi) is 4.65. The number of rotatable bonds is 6. The van der Waals surface area contributed by atoms with Gasteiger partial charge in [0.1, 0.15) is 11.2 Å². The highest BCUT2D eigenvalue weighted by atomic mass is 16.4. The van der Waals surface area contributed by atoms with Crippen LogP contribution in [-0.2, 0) is 14.4 Å². The normalized spacial score (nSPS) is 11.5. The molecule has 0 spiro atoms. The first-order valence-electron chi connectivity index (χ1n) is 4.96. The fourth-order valence-corrected chi connectivity index (χ4v) is 1.05. The molecular formula is C11H18O4. The summed E-state index contributed by atoms with van der Waals surface area (Å²) in [4.78, 5) is 33.5. The summed E-state index contributed by atoms with van der Waals surface area (Å²) < 4.78 is 0. The summed E-state index contributed by atoms with van der Waals surface area (Å²) in [6.07, 6.45) is 0.0406. The molecule has 0 unspecified atom stereocenters. The lowest BCUT2D eigenvalue weighted by Gasteiger charge is -2.17. The summed E-state index contributed by atoms with van der Waals surface area (Å²) in [7, 11) is 0. The van der Waals surface area contributed by atoms with E-state index in [9.17, 15) is 14.4 Å². The third-order valence-corrected chi connectivity index (χ3v) is 2.23. The fourth-order valence-electron chi connectivity index (χ4n) is 1.05. The highest BCUT2D eigenvalue weighted by Crippen LogP contribution is 2.19. The van der Waals surface area contributed by atoms with E-state index < -0.39 is 17.2 Å². The zero-order chi connectivity index (χ0) is 12.2. The van der Waals surface area contributed by atoms with E-state index in [1.54, 1.807) is 0 Å². The molecule has 0 rings (SSSR count). The molecule has 0 saturated heterocycles. The van der Waals surface area contributed by atoms with Gasteiger partial charge in [0, 0.05) is 6.42 Å². The molecule has 4 nitrogen and oxygen atoms in total. The smallest absolute Gasteiger partial charge is 0.316 e. The van der Waals surface area contributed by atoms with E-state index in [0.717, 1.165) is 0 Å². The van der Waals surface area contributed by atoms with Crippen molar-refractivity contribution >= 4 is 17.5 Å². The number of aliphatic carboxylic acids is 1. The Balaban J connectivity index is 4.38. The number of carbonyl (C=O) groups is 3. The summed E-state index contributed by atoms with van der Waals surface area (Å²) in [6, 6.07) is 0. The van der Waals surface area contributed by atoms with Gasteiger partial charge in [-0.05, 0) is 19.8 Å². The van der Waals surface area contributed by atoms with Gasteiger partial charge < -0.3 is 5.11 Å². The SMILES string of the molecule is CC(C)CC(=O)CC(=O)C(C)(C)C(=O)O. The Morgan fingerprint density at radius 2 is 1.67 bits per heavy atom. The Morgan fingerprint density at radius 1 is 1.20 bits per heavy atom. The topological polar surface area (TPSA) is 71.4 Å². The molecule has 0 aromatic rings. The van der Waals surface area contributed by atoms with Crippen molar-refractivity contribution in [3.05, 3.63) is 0 Å². The molecular weight excluding hydrogens is 196 g/mol. The average molecular weight is 214 g/mol. The Bertz CT molecular complexity index is 276. The first-order valence-corrected chi connectivity index (χ1v) is 4.96. The molecule has 0 fully saturated rings. The van der Waals surface area contributed by atoms with Crippen LogP contribution in [0.25, 0.3) is 0 Å².